The minimum absolute atomic E-state index is 0.0524. The summed E-state index contributed by atoms with van der Waals surface area (Å²) < 4.78 is 10.1. The van der Waals surface area contributed by atoms with E-state index in [9.17, 15) is 9.59 Å². The van der Waals surface area contributed by atoms with Crippen LogP contribution in [-0.2, 0) is 14.3 Å². The Bertz CT molecular complexity index is 360. The Labute approximate surface area is 126 Å². The lowest BCUT2D eigenvalue weighted by molar-refractivity contribution is -0.146. The number of alkyl carbamates (subject to hydrolysis) is 1. The number of esters is 1. The highest BCUT2D eigenvalue weighted by atomic mass is 16.6. The fraction of sp³-hybridized carbons (Fsp3) is 0.733. The summed E-state index contributed by atoms with van der Waals surface area (Å²) in [5, 5.41) is 11.2. The van der Waals surface area contributed by atoms with Gasteiger partial charge in [-0.3, -0.25) is 0 Å². The van der Waals surface area contributed by atoms with Crippen molar-refractivity contribution in [3.05, 3.63) is 12.2 Å². The van der Waals surface area contributed by atoms with Gasteiger partial charge in [-0.1, -0.05) is 5.57 Å². The molecule has 0 unspecified atom stereocenters. The van der Waals surface area contributed by atoms with Crippen LogP contribution in [0.15, 0.2) is 12.2 Å². The molecule has 0 heterocycles. The number of aliphatic hydroxyl groups is 1. The number of allylic oxidation sites excluding steroid dienone is 1. The van der Waals surface area contributed by atoms with Crippen LogP contribution in [-0.4, -0.2) is 42.0 Å². The van der Waals surface area contributed by atoms with Gasteiger partial charge >= 0.3 is 12.1 Å². The van der Waals surface area contributed by atoms with Gasteiger partial charge < -0.3 is 19.9 Å². The molecule has 0 aliphatic heterocycles. The minimum atomic E-state index is -0.782. The van der Waals surface area contributed by atoms with E-state index in [1.54, 1.807) is 20.8 Å². The van der Waals surface area contributed by atoms with Gasteiger partial charge in [0.05, 0.1) is 6.61 Å². The Kier molecular flexibility index (Phi) is 8.69. The molecular weight excluding hydrogens is 274 g/mol. The highest BCUT2D eigenvalue weighted by Gasteiger charge is 2.25. The van der Waals surface area contributed by atoms with Crippen molar-refractivity contribution in [2.45, 2.75) is 58.6 Å². The zero-order valence-electron chi connectivity index (χ0n) is 13.4. The normalized spacial score (nSPS) is 12.4. The standard InChI is InChI=1S/C15H27NO5/c1-11(2)7-8-12(13(18)20-10-6-9-17)16-14(19)21-15(3,4)5/h12,17H,1,6-10H2,2-5H3,(H,16,19)/t12-/m1/s1. The highest BCUT2D eigenvalue weighted by molar-refractivity contribution is 5.81. The lowest BCUT2D eigenvalue weighted by Crippen LogP contribution is -2.44. The van der Waals surface area contributed by atoms with Gasteiger partial charge in [-0.2, -0.15) is 0 Å². The summed E-state index contributed by atoms with van der Waals surface area (Å²) in [6.45, 7) is 10.9. The smallest absolute Gasteiger partial charge is 0.408 e. The van der Waals surface area contributed by atoms with Crippen LogP contribution in [0.2, 0.25) is 0 Å². The molecule has 21 heavy (non-hydrogen) atoms. The Morgan fingerprint density at radius 3 is 2.43 bits per heavy atom. The van der Waals surface area contributed by atoms with E-state index in [2.05, 4.69) is 11.9 Å². The van der Waals surface area contributed by atoms with Crippen LogP contribution in [0, 0.1) is 0 Å². The van der Waals surface area contributed by atoms with Crippen molar-refractivity contribution in [2.75, 3.05) is 13.2 Å². The summed E-state index contributed by atoms with van der Waals surface area (Å²) in [5.41, 5.74) is 0.276. The molecule has 0 aliphatic rings. The van der Waals surface area contributed by atoms with Crippen molar-refractivity contribution in [3.8, 4) is 0 Å². The number of hydrogen-bond donors (Lipinski definition) is 2. The molecule has 1 atom stereocenters. The SMILES string of the molecule is C=C(C)CC[C@@H](NC(=O)OC(C)(C)C)C(=O)OCCCO. The van der Waals surface area contributed by atoms with E-state index in [1.165, 1.54) is 0 Å². The van der Waals surface area contributed by atoms with E-state index < -0.39 is 23.7 Å². The van der Waals surface area contributed by atoms with Crippen molar-refractivity contribution in [1.82, 2.24) is 5.32 Å². The Morgan fingerprint density at radius 2 is 1.95 bits per heavy atom. The van der Waals surface area contributed by atoms with Gasteiger partial charge in [0.1, 0.15) is 11.6 Å². The third kappa shape index (κ3) is 10.8. The molecule has 1 amide bonds. The van der Waals surface area contributed by atoms with Gasteiger partial charge in [-0.05, 0) is 40.5 Å². The number of carbonyl (C=O) groups is 2. The number of rotatable bonds is 8. The van der Waals surface area contributed by atoms with Gasteiger partial charge in [0.2, 0.25) is 0 Å². The van der Waals surface area contributed by atoms with E-state index >= 15 is 0 Å². The molecule has 0 aromatic heterocycles. The first-order valence-corrected chi connectivity index (χ1v) is 7.07. The van der Waals surface area contributed by atoms with Crippen molar-refractivity contribution in [3.63, 3.8) is 0 Å². The number of carbonyl (C=O) groups excluding carboxylic acids is 2. The monoisotopic (exact) mass is 301 g/mol. The van der Waals surface area contributed by atoms with Crippen molar-refractivity contribution < 1.29 is 24.2 Å². The fourth-order valence-electron chi connectivity index (χ4n) is 1.43. The largest absolute Gasteiger partial charge is 0.464 e. The zero-order valence-corrected chi connectivity index (χ0v) is 13.4. The molecule has 2 N–H and O–H groups in total. The van der Waals surface area contributed by atoms with E-state index in [4.69, 9.17) is 14.6 Å². The predicted octanol–water partition coefficient (Wildman–Crippen LogP) is 2.16. The maximum Gasteiger partial charge on any atom is 0.408 e. The predicted molar refractivity (Wildman–Crippen MR) is 79.9 cm³/mol. The van der Waals surface area contributed by atoms with Gasteiger partial charge in [0, 0.05) is 13.0 Å². The van der Waals surface area contributed by atoms with E-state index in [0.717, 1.165) is 5.57 Å². The van der Waals surface area contributed by atoms with Crippen LogP contribution in [0.25, 0.3) is 0 Å². The molecule has 0 aromatic rings. The van der Waals surface area contributed by atoms with E-state index in [-0.39, 0.29) is 13.2 Å². The molecule has 0 bridgehead atoms. The number of hydrogen-bond acceptors (Lipinski definition) is 5. The molecule has 0 rings (SSSR count). The summed E-state index contributed by atoms with van der Waals surface area (Å²) in [4.78, 5) is 23.7. The summed E-state index contributed by atoms with van der Waals surface area (Å²) in [7, 11) is 0. The van der Waals surface area contributed by atoms with Gasteiger partial charge in [-0.25, -0.2) is 9.59 Å². The van der Waals surface area contributed by atoms with E-state index in [0.29, 0.717) is 19.3 Å². The summed E-state index contributed by atoms with van der Waals surface area (Å²) in [6, 6.07) is -0.782. The van der Waals surface area contributed by atoms with Crippen molar-refractivity contribution in [1.29, 1.82) is 0 Å². The third-order valence-corrected chi connectivity index (χ3v) is 2.38. The number of ether oxygens (including phenoxy) is 2. The van der Waals surface area contributed by atoms with Gasteiger partial charge in [0.15, 0.2) is 0 Å². The quantitative estimate of drug-likeness (QED) is 0.408. The maximum atomic E-state index is 11.9. The first-order chi connectivity index (χ1) is 9.65. The molecule has 0 aliphatic carbocycles. The second-order valence-corrected chi connectivity index (χ2v) is 5.94. The lowest BCUT2D eigenvalue weighted by Gasteiger charge is -2.23. The van der Waals surface area contributed by atoms with Crippen LogP contribution >= 0.6 is 0 Å². The molecule has 0 aromatic carbocycles. The first kappa shape index (κ1) is 19.4. The molecule has 0 saturated heterocycles. The van der Waals surface area contributed by atoms with Crippen LogP contribution in [0.5, 0.6) is 0 Å². The third-order valence-electron chi connectivity index (χ3n) is 2.38. The topological polar surface area (TPSA) is 84.9 Å². The lowest BCUT2D eigenvalue weighted by atomic mass is 10.1. The zero-order chi connectivity index (χ0) is 16.5. The Balaban J connectivity index is 4.53. The van der Waals surface area contributed by atoms with Crippen molar-refractivity contribution in [2.24, 2.45) is 0 Å². The van der Waals surface area contributed by atoms with Gasteiger partial charge in [0.25, 0.3) is 0 Å². The van der Waals surface area contributed by atoms with Crippen LogP contribution in [0.1, 0.15) is 47.0 Å². The maximum absolute atomic E-state index is 11.9. The van der Waals surface area contributed by atoms with Crippen molar-refractivity contribution >= 4 is 12.1 Å². The Hall–Kier alpha value is -1.56. The molecule has 6 heteroatoms. The molecule has 0 spiro atoms. The van der Waals surface area contributed by atoms with Crippen LogP contribution < -0.4 is 5.32 Å². The minimum Gasteiger partial charge on any atom is -0.464 e. The fourth-order valence-corrected chi connectivity index (χ4v) is 1.43. The molecular formula is C15H27NO5. The number of amides is 1. The highest BCUT2D eigenvalue weighted by Crippen LogP contribution is 2.10. The molecule has 0 fully saturated rings. The first-order valence-electron chi connectivity index (χ1n) is 7.07. The average Bonchev–Trinajstić information content (AvgIpc) is 2.32. The molecule has 6 nitrogen and oxygen atoms in total. The average molecular weight is 301 g/mol. The molecule has 122 valence electrons. The summed E-state index contributed by atoms with van der Waals surface area (Å²) in [5.74, 6) is -0.532. The second kappa shape index (κ2) is 9.39. The second-order valence-electron chi connectivity index (χ2n) is 5.94. The van der Waals surface area contributed by atoms with Crippen LogP contribution in [0.4, 0.5) is 4.79 Å². The van der Waals surface area contributed by atoms with Crippen LogP contribution in [0.3, 0.4) is 0 Å². The number of nitrogens with one attached hydrogen (secondary N) is 1. The summed E-state index contributed by atoms with van der Waals surface area (Å²) >= 11 is 0. The van der Waals surface area contributed by atoms with E-state index in [1.807, 2.05) is 6.92 Å². The Morgan fingerprint density at radius 1 is 1.33 bits per heavy atom. The summed E-state index contributed by atoms with van der Waals surface area (Å²) in [6.07, 6.45) is 0.696. The van der Waals surface area contributed by atoms with Gasteiger partial charge in [-0.15, -0.1) is 6.58 Å². The molecule has 0 saturated carbocycles. The number of aliphatic hydroxyl groups excluding tert-OH is 1. The molecule has 0 radical (unpaired) electrons.